The Kier molecular flexibility index (Phi) is 6.01. The van der Waals surface area contributed by atoms with Crippen LogP contribution in [0.15, 0.2) is 47.5 Å². The van der Waals surface area contributed by atoms with Crippen molar-refractivity contribution in [2.45, 2.75) is 32.8 Å². The molecule has 0 amide bonds. The lowest BCUT2D eigenvalue weighted by molar-refractivity contribution is -0.141. The standard InChI is InChI=1S/C22H23NO4/c1-3-4-10-16-11-17-19(23-13-18(21(17)24)22(25)26-2)12-20(16)27-14-15-8-6-5-7-9-15/h5-9,11-13,18H,3-4,10,14H2,1-2H3. The predicted octanol–water partition coefficient (Wildman–Crippen LogP) is 4.30. The van der Waals surface area contributed by atoms with E-state index in [1.54, 1.807) is 6.07 Å². The van der Waals surface area contributed by atoms with Gasteiger partial charge in [-0.3, -0.25) is 14.6 Å². The maximum atomic E-state index is 12.7. The molecule has 1 aliphatic heterocycles. The number of benzene rings is 2. The minimum atomic E-state index is -0.974. The van der Waals surface area contributed by atoms with Gasteiger partial charge in [0.15, 0.2) is 11.7 Å². The number of aryl methyl sites for hydroxylation is 1. The summed E-state index contributed by atoms with van der Waals surface area (Å²) in [5, 5.41) is 0. The van der Waals surface area contributed by atoms with Crippen LogP contribution in [0.5, 0.6) is 5.75 Å². The van der Waals surface area contributed by atoms with Crippen molar-refractivity contribution in [3.8, 4) is 5.75 Å². The van der Waals surface area contributed by atoms with Crippen molar-refractivity contribution in [2.75, 3.05) is 7.11 Å². The van der Waals surface area contributed by atoms with E-state index in [4.69, 9.17) is 9.47 Å². The lowest BCUT2D eigenvalue weighted by Gasteiger charge is -2.19. The van der Waals surface area contributed by atoms with Crippen molar-refractivity contribution in [3.63, 3.8) is 0 Å². The van der Waals surface area contributed by atoms with Gasteiger partial charge in [-0.25, -0.2) is 0 Å². The van der Waals surface area contributed by atoms with Gasteiger partial charge in [0.1, 0.15) is 12.4 Å². The molecule has 0 radical (unpaired) electrons. The number of esters is 1. The third-order valence-electron chi connectivity index (χ3n) is 4.58. The van der Waals surface area contributed by atoms with Crippen LogP contribution < -0.4 is 4.74 Å². The van der Waals surface area contributed by atoms with E-state index >= 15 is 0 Å². The first-order valence-electron chi connectivity index (χ1n) is 9.14. The molecule has 1 aliphatic rings. The van der Waals surface area contributed by atoms with Crippen molar-refractivity contribution in [3.05, 3.63) is 59.2 Å². The number of ether oxygens (including phenoxy) is 2. The molecular weight excluding hydrogens is 342 g/mol. The summed E-state index contributed by atoms with van der Waals surface area (Å²) in [6.45, 7) is 2.56. The second kappa shape index (κ2) is 8.62. The second-order valence-corrected chi connectivity index (χ2v) is 6.50. The molecule has 140 valence electrons. The summed E-state index contributed by atoms with van der Waals surface area (Å²) in [4.78, 5) is 28.8. The van der Waals surface area contributed by atoms with Crippen LogP contribution in [0.2, 0.25) is 0 Å². The molecule has 0 bridgehead atoms. The zero-order valence-corrected chi connectivity index (χ0v) is 15.6. The molecule has 0 N–H and O–H groups in total. The van der Waals surface area contributed by atoms with Gasteiger partial charge in [-0.2, -0.15) is 0 Å². The number of hydrogen-bond acceptors (Lipinski definition) is 5. The van der Waals surface area contributed by atoms with E-state index < -0.39 is 11.9 Å². The van der Waals surface area contributed by atoms with Crippen molar-refractivity contribution >= 4 is 23.7 Å². The maximum Gasteiger partial charge on any atom is 0.322 e. The Morgan fingerprint density at radius 1 is 1.19 bits per heavy atom. The van der Waals surface area contributed by atoms with E-state index in [0.29, 0.717) is 17.9 Å². The number of rotatable bonds is 7. The SMILES string of the molecule is CCCCc1cc2c(cc1OCc1ccccc1)N=CC(C(=O)OC)C2=O. The Morgan fingerprint density at radius 2 is 1.96 bits per heavy atom. The Labute approximate surface area is 159 Å². The van der Waals surface area contributed by atoms with E-state index in [1.807, 2.05) is 36.4 Å². The molecule has 2 aromatic rings. The third-order valence-corrected chi connectivity index (χ3v) is 4.58. The maximum absolute atomic E-state index is 12.7. The fraction of sp³-hybridized carbons (Fsp3) is 0.318. The van der Waals surface area contributed by atoms with Gasteiger partial charge in [0.2, 0.25) is 0 Å². The van der Waals surface area contributed by atoms with Gasteiger partial charge in [-0.15, -0.1) is 0 Å². The summed E-state index contributed by atoms with van der Waals surface area (Å²) >= 11 is 0. The quantitative estimate of drug-likeness (QED) is 0.542. The van der Waals surface area contributed by atoms with Gasteiger partial charge in [-0.1, -0.05) is 43.7 Å². The fourth-order valence-corrected chi connectivity index (χ4v) is 3.04. The number of unbranched alkanes of at least 4 members (excludes halogenated alkanes) is 1. The number of fused-ring (bicyclic) bond motifs is 1. The molecule has 0 saturated carbocycles. The van der Waals surface area contributed by atoms with Crippen LogP contribution in [0.25, 0.3) is 0 Å². The van der Waals surface area contributed by atoms with Crippen LogP contribution in [0.4, 0.5) is 5.69 Å². The lowest BCUT2D eigenvalue weighted by Crippen LogP contribution is -2.29. The summed E-state index contributed by atoms with van der Waals surface area (Å²) in [5.74, 6) is -1.11. The number of carbonyl (C=O) groups excluding carboxylic acids is 2. The van der Waals surface area contributed by atoms with Crippen LogP contribution in [0, 0.1) is 5.92 Å². The summed E-state index contributed by atoms with van der Waals surface area (Å²) in [6.07, 6.45) is 4.17. The number of Topliss-reactive ketones (excluding diaryl/α,β-unsaturated/α-hetero) is 1. The number of carbonyl (C=O) groups is 2. The van der Waals surface area contributed by atoms with Crippen LogP contribution in [-0.4, -0.2) is 25.1 Å². The second-order valence-electron chi connectivity index (χ2n) is 6.50. The smallest absolute Gasteiger partial charge is 0.322 e. The van der Waals surface area contributed by atoms with Crippen LogP contribution >= 0.6 is 0 Å². The molecule has 0 fully saturated rings. The van der Waals surface area contributed by atoms with Crippen molar-refractivity contribution in [2.24, 2.45) is 10.9 Å². The molecule has 1 atom stereocenters. The Bertz CT molecular complexity index is 858. The van der Waals surface area contributed by atoms with Crippen LogP contribution in [-0.2, 0) is 22.6 Å². The molecule has 0 aliphatic carbocycles. The lowest BCUT2D eigenvalue weighted by atomic mass is 9.92. The molecule has 3 rings (SSSR count). The first-order chi connectivity index (χ1) is 13.1. The van der Waals surface area contributed by atoms with Gasteiger partial charge in [0.25, 0.3) is 0 Å². The number of ketones is 1. The van der Waals surface area contributed by atoms with Gasteiger partial charge >= 0.3 is 5.97 Å². The fourth-order valence-electron chi connectivity index (χ4n) is 3.04. The predicted molar refractivity (Wildman–Crippen MR) is 104 cm³/mol. The summed E-state index contributed by atoms with van der Waals surface area (Å²) in [7, 11) is 1.27. The molecule has 0 spiro atoms. The number of methoxy groups -OCH3 is 1. The molecule has 1 unspecified atom stereocenters. The molecular formula is C22H23NO4. The van der Waals surface area contributed by atoms with Gasteiger partial charge < -0.3 is 9.47 Å². The average molecular weight is 365 g/mol. The summed E-state index contributed by atoms with van der Waals surface area (Å²) in [6, 6.07) is 13.5. The highest BCUT2D eigenvalue weighted by Gasteiger charge is 2.32. The van der Waals surface area contributed by atoms with E-state index in [-0.39, 0.29) is 5.78 Å². The molecule has 0 saturated heterocycles. The van der Waals surface area contributed by atoms with Crippen LogP contribution in [0.3, 0.4) is 0 Å². The van der Waals surface area contributed by atoms with E-state index in [1.165, 1.54) is 13.3 Å². The summed E-state index contributed by atoms with van der Waals surface area (Å²) < 4.78 is 10.7. The van der Waals surface area contributed by atoms with E-state index in [2.05, 4.69) is 11.9 Å². The van der Waals surface area contributed by atoms with Gasteiger partial charge in [0, 0.05) is 17.8 Å². The zero-order chi connectivity index (χ0) is 19.2. The molecule has 2 aromatic carbocycles. The third kappa shape index (κ3) is 4.25. The first-order valence-corrected chi connectivity index (χ1v) is 9.14. The zero-order valence-electron chi connectivity index (χ0n) is 15.6. The Morgan fingerprint density at radius 3 is 2.67 bits per heavy atom. The first kappa shape index (κ1) is 18.8. The molecule has 5 nitrogen and oxygen atoms in total. The number of hydrogen-bond donors (Lipinski definition) is 0. The van der Waals surface area contributed by atoms with E-state index in [9.17, 15) is 9.59 Å². The van der Waals surface area contributed by atoms with E-state index in [0.717, 1.165) is 36.1 Å². The molecule has 1 heterocycles. The van der Waals surface area contributed by atoms with Crippen molar-refractivity contribution in [1.82, 2.24) is 0 Å². The summed E-state index contributed by atoms with van der Waals surface area (Å²) in [5.41, 5.74) is 3.01. The molecule has 27 heavy (non-hydrogen) atoms. The topological polar surface area (TPSA) is 65.0 Å². The molecule has 0 aromatic heterocycles. The normalized spacial score (nSPS) is 15.3. The highest BCUT2D eigenvalue weighted by atomic mass is 16.5. The van der Waals surface area contributed by atoms with Crippen LogP contribution in [0.1, 0.15) is 41.3 Å². The number of nitrogens with zero attached hydrogens (tertiary/aromatic N) is 1. The highest BCUT2D eigenvalue weighted by molar-refractivity contribution is 6.22. The monoisotopic (exact) mass is 365 g/mol. The van der Waals surface area contributed by atoms with Crippen molar-refractivity contribution in [1.29, 1.82) is 0 Å². The minimum Gasteiger partial charge on any atom is -0.489 e. The van der Waals surface area contributed by atoms with Crippen molar-refractivity contribution < 1.29 is 19.1 Å². The molecule has 5 heteroatoms. The minimum absolute atomic E-state index is 0.279. The number of aliphatic imine (C=N–C) groups is 1. The Balaban J connectivity index is 1.90. The largest absolute Gasteiger partial charge is 0.489 e. The van der Waals surface area contributed by atoms with Gasteiger partial charge in [0.05, 0.1) is 12.8 Å². The van der Waals surface area contributed by atoms with Gasteiger partial charge in [-0.05, 0) is 30.0 Å². The highest BCUT2D eigenvalue weighted by Crippen LogP contribution is 2.35. The Hall–Kier alpha value is -2.95. The average Bonchev–Trinajstić information content (AvgIpc) is 2.71.